The zero-order chi connectivity index (χ0) is 20.8. The molecule has 1 atom stereocenters. The molecule has 0 radical (unpaired) electrons. The van der Waals surface area contributed by atoms with Crippen molar-refractivity contribution in [3.63, 3.8) is 0 Å². The number of amides is 1. The normalized spacial score (nSPS) is 17.3. The number of likely N-dealkylation sites (tertiary alicyclic amines) is 1. The smallest absolute Gasteiger partial charge is 0.317 e. The van der Waals surface area contributed by atoms with Crippen LogP contribution < -0.4 is 16.4 Å². The van der Waals surface area contributed by atoms with Crippen molar-refractivity contribution < 1.29 is 4.79 Å². The highest BCUT2D eigenvalue weighted by molar-refractivity contribution is 5.80. The molecule has 0 unspecified atom stereocenters. The maximum atomic E-state index is 12.6. The second-order valence-electron chi connectivity index (χ2n) is 7.67. The molecule has 29 heavy (non-hydrogen) atoms. The first-order valence-electron chi connectivity index (χ1n) is 10.4. The summed E-state index contributed by atoms with van der Waals surface area (Å²) in [5.74, 6) is -0.259. The van der Waals surface area contributed by atoms with E-state index in [2.05, 4.69) is 23.7 Å². The molecule has 1 aromatic heterocycles. The number of hydrogen-bond acceptors (Lipinski definition) is 4. The Balaban J connectivity index is 1.67. The molecule has 0 bridgehead atoms. The van der Waals surface area contributed by atoms with Crippen LogP contribution in [-0.4, -0.2) is 45.6 Å². The summed E-state index contributed by atoms with van der Waals surface area (Å²) in [5.41, 5.74) is -0.154. The lowest BCUT2D eigenvalue weighted by Gasteiger charge is -2.33. The van der Waals surface area contributed by atoms with E-state index in [0.29, 0.717) is 23.6 Å². The van der Waals surface area contributed by atoms with Crippen LogP contribution in [0.15, 0.2) is 46.5 Å². The largest absolute Gasteiger partial charge is 0.355 e. The van der Waals surface area contributed by atoms with Crippen LogP contribution in [0, 0.1) is 0 Å². The van der Waals surface area contributed by atoms with Crippen molar-refractivity contribution in [1.82, 2.24) is 19.4 Å². The van der Waals surface area contributed by atoms with E-state index >= 15 is 0 Å². The molecule has 0 aliphatic carbocycles. The van der Waals surface area contributed by atoms with Crippen LogP contribution >= 0.6 is 0 Å². The quantitative estimate of drug-likeness (QED) is 0.417. The zero-order valence-corrected chi connectivity index (χ0v) is 17.1. The maximum Gasteiger partial charge on any atom is 0.317 e. The molecule has 7 heteroatoms. The van der Waals surface area contributed by atoms with Crippen molar-refractivity contribution in [1.29, 1.82) is 0 Å². The number of allylic oxidation sites excluding steroid dienone is 1. The summed E-state index contributed by atoms with van der Waals surface area (Å²) in [6, 6.07) is 7.72. The molecule has 156 valence electrons. The minimum Gasteiger partial charge on any atom is -0.355 e. The molecule has 0 spiro atoms. The summed E-state index contributed by atoms with van der Waals surface area (Å²) in [6.07, 6.45) is 6.21. The second kappa shape index (κ2) is 9.69. The third-order valence-electron chi connectivity index (χ3n) is 5.63. The minimum atomic E-state index is -0.692. The molecular formula is C22H30N4O3. The Morgan fingerprint density at radius 2 is 1.86 bits per heavy atom. The number of hydrogen-bond donors (Lipinski definition) is 1. The van der Waals surface area contributed by atoms with Gasteiger partial charge >= 0.3 is 11.1 Å². The van der Waals surface area contributed by atoms with Gasteiger partial charge in [0, 0.05) is 25.7 Å². The lowest BCUT2D eigenvalue weighted by molar-refractivity contribution is -0.121. The molecule has 2 aromatic rings. The van der Waals surface area contributed by atoms with Gasteiger partial charge in [-0.15, -0.1) is 6.58 Å². The van der Waals surface area contributed by atoms with Gasteiger partial charge in [-0.2, -0.15) is 0 Å². The van der Waals surface area contributed by atoms with Crippen LogP contribution in [0.3, 0.4) is 0 Å². The van der Waals surface area contributed by atoms with Gasteiger partial charge in [0.05, 0.1) is 11.0 Å². The molecule has 1 saturated heterocycles. The fourth-order valence-electron chi connectivity index (χ4n) is 4.04. The summed E-state index contributed by atoms with van der Waals surface area (Å²) >= 11 is 0. The maximum absolute atomic E-state index is 12.6. The fourth-order valence-corrected chi connectivity index (χ4v) is 4.04. The first kappa shape index (κ1) is 21.0. The molecule has 7 nitrogen and oxygen atoms in total. The van der Waals surface area contributed by atoms with E-state index < -0.39 is 11.1 Å². The second-order valence-corrected chi connectivity index (χ2v) is 7.67. The van der Waals surface area contributed by atoms with Gasteiger partial charge in [0.25, 0.3) is 0 Å². The Bertz CT molecular complexity index is 992. The third kappa shape index (κ3) is 4.85. The summed E-state index contributed by atoms with van der Waals surface area (Å²) in [4.78, 5) is 40.0. The van der Waals surface area contributed by atoms with Crippen LogP contribution in [0.25, 0.3) is 11.0 Å². The highest BCUT2D eigenvalue weighted by Crippen LogP contribution is 2.16. The van der Waals surface area contributed by atoms with Crippen molar-refractivity contribution in [2.45, 2.75) is 51.7 Å². The topological polar surface area (TPSA) is 76.3 Å². The van der Waals surface area contributed by atoms with E-state index in [1.54, 1.807) is 30.3 Å². The average molecular weight is 399 g/mol. The number of piperidine rings is 1. The van der Waals surface area contributed by atoms with E-state index in [9.17, 15) is 14.4 Å². The van der Waals surface area contributed by atoms with Gasteiger partial charge in [0.2, 0.25) is 5.91 Å². The molecule has 2 heterocycles. The Hall–Kier alpha value is -2.67. The summed E-state index contributed by atoms with van der Waals surface area (Å²) in [6.45, 7) is 8.63. The Morgan fingerprint density at radius 3 is 2.55 bits per heavy atom. The van der Waals surface area contributed by atoms with E-state index in [0.717, 1.165) is 19.5 Å². The molecule has 1 N–H and O–H groups in total. The molecule has 1 aromatic carbocycles. The number of para-hydroxylation sites is 2. The predicted molar refractivity (Wildman–Crippen MR) is 115 cm³/mol. The van der Waals surface area contributed by atoms with Crippen LogP contribution in [0.5, 0.6) is 0 Å². The number of carbonyl (C=O) groups excluding carboxylic acids is 1. The summed E-state index contributed by atoms with van der Waals surface area (Å²) in [5, 5.41) is 2.89. The number of nitrogens with zero attached hydrogens (tertiary/aromatic N) is 3. The predicted octanol–water partition coefficient (Wildman–Crippen LogP) is 1.73. The van der Waals surface area contributed by atoms with Gasteiger partial charge in [-0.1, -0.05) is 24.6 Å². The van der Waals surface area contributed by atoms with E-state index in [1.165, 1.54) is 28.4 Å². The number of carbonyl (C=O) groups is 1. The van der Waals surface area contributed by atoms with Crippen molar-refractivity contribution in [2.75, 3.05) is 19.6 Å². The standard InChI is InChI=1S/C22H30N4O3/c1-3-13-25-18-10-4-5-11-19(18)26(22(29)21(25)28)16-20(27)23-12-8-15-24-14-7-6-9-17(24)2/h3-5,10-11,17H,1,6-9,12-16H2,2H3,(H,23,27)/t17-/m1/s1. The van der Waals surface area contributed by atoms with Crippen LogP contribution in [-0.2, 0) is 17.9 Å². The number of fused-ring (bicyclic) bond motifs is 1. The van der Waals surface area contributed by atoms with Gasteiger partial charge in [0.1, 0.15) is 6.54 Å². The Labute approximate surface area is 170 Å². The van der Waals surface area contributed by atoms with Gasteiger partial charge in [0.15, 0.2) is 0 Å². The van der Waals surface area contributed by atoms with E-state index in [1.807, 2.05) is 0 Å². The fraction of sp³-hybridized carbons (Fsp3) is 0.500. The number of nitrogens with one attached hydrogen (secondary N) is 1. The molecule has 1 aliphatic heterocycles. The molecule has 1 aliphatic rings. The molecule has 1 fully saturated rings. The minimum absolute atomic E-state index is 0.163. The Kier molecular flexibility index (Phi) is 7.04. The van der Waals surface area contributed by atoms with Crippen LogP contribution in [0.4, 0.5) is 0 Å². The number of aromatic nitrogens is 2. The van der Waals surface area contributed by atoms with Crippen molar-refractivity contribution in [2.24, 2.45) is 0 Å². The van der Waals surface area contributed by atoms with Crippen molar-refractivity contribution in [3.05, 3.63) is 57.6 Å². The van der Waals surface area contributed by atoms with Crippen LogP contribution in [0.2, 0.25) is 0 Å². The first-order valence-corrected chi connectivity index (χ1v) is 10.4. The third-order valence-corrected chi connectivity index (χ3v) is 5.63. The van der Waals surface area contributed by atoms with E-state index in [4.69, 9.17) is 0 Å². The van der Waals surface area contributed by atoms with Gasteiger partial charge in [-0.05, 0) is 44.9 Å². The van der Waals surface area contributed by atoms with Gasteiger partial charge < -0.3 is 10.2 Å². The SMILES string of the molecule is C=CCn1c(=O)c(=O)n(CC(=O)NCCCN2CCCC[C@H]2C)c2ccccc21. The number of benzene rings is 1. The first-order chi connectivity index (χ1) is 14.0. The molecule has 3 rings (SSSR count). The lowest BCUT2D eigenvalue weighted by Crippen LogP contribution is -2.44. The highest BCUT2D eigenvalue weighted by atomic mass is 16.2. The average Bonchev–Trinajstić information content (AvgIpc) is 2.73. The lowest BCUT2D eigenvalue weighted by atomic mass is 10.0. The van der Waals surface area contributed by atoms with Crippen LogP contribution in [0.1, 0.15) is 32.6 Å². The van der Waals surface area contributed by atoms with Crippen molar-refractivity contribution in [3.8, 4) is 0 Å². The molecule has 1 amide bonds. The Morgan fingerprint density at radius 1 is 1.17 bits per heavy atom. The summed E-state index contributed by atoms with van der Waals surface area (Å²) < 4.78 is 2.65. The molecule has 0 saturated carbocycles. The molecular weight excluding hydrogens is 368 g/mol. The van der Waals surface area contributed by atoms with Crippen molar-refractivity contribution >= 4 is 16.9 Å². The monoisotopic (exact) mass is 398 g/mol. The van der Waals surface area contributed by atoms with E-state index in [-0.39, 0.29) is 19.0 Å². The number of rotatable bonds is 8. The summed E-state index contributed by atoms with van der Waals surface area (Å²) in [7, 11) is 0. The van der Waals surface area contributed by atoms with Gasteiger partial charge in [-0.3, -0.25) is 23.5 Å². The zero-order valence-electron chi connectivity index (χ0n) is 17.1. The van der Waals surface area contributed by atoms with Gasteiger partial charge in [-0.25, -0.2) is 0 Å². The highest BCUT2D eigenvalue weighted by Gasteiger charge is 2.18.